The van der Waals surface area contributed by atoms with Crippen LogP contribution in [0.25, 0.3) is 5.83 Å². The molecule has 2 unspecified atom stereocenters. The van der Waals surface area contributed by atoms with Crippen LogP contribution in [-0.2, 0) is 11.0 Å². The molecule has 1 N–H and O–H groups in total. The van der Waals surface area contributed by atoms with Crippen LogP contribution in [0.1, 0.15) is 44.4 Å². The summed E-state index contributed by atoms with van der Waals surface area (Å²) >= 11 is 0. The van der Waals surface area contributed by atoms with Crippen molar-refractivity contribution in [3.05, 3.63) is 54.6 Å². The zero-order chi connectivity index (χ0) is 15.3. The lowest BCUT2D eigenvalue weighted by atomic mass is 9.98. The normalized spacial score (nSPS) is 14.6. The van der Waals surface area contributed by atoms with E-state index in [9.17, 15) is 8.60 Å². The lowest BCUT2D eigenvalue weighted by Gasteiger charge is -2.25. The highest BCUT2D eigenvalue weighted by Gasteiger charge is 2.24. The van der Waals surface area contributed by atoms with E-state index in [4.69, 9.17) is 0 Å². The summed E-state index contributed by atoms with van der Waals surface area (Å²) < 4.78 is 28.5. The third kappa shape index (κ3) is 4.39. The van der Waals surface area contributed by atoms with Gasteiger partial charge in [0.1, 0.15) is 5.83 Å². The van der Waals surface area contributed by atoms with Gasteiger partial charge in [0.15, 0.2) is 0 Å². The highest BCUT2D eigenvalue weighted by Crippen LogP contribution is 2.28. The van der Waals surface area contributed by atoms with E-state index in [1.54, 1.807) is 18.2 Å². The molecule has 1 aromatic carbocycles. The summed E-state index contributed by atoms with van der Waals surface area (Å²) in [6.07, 6.45) is 2.29. The van der Waals surface area contributed by atoms with Gasteiger partial charge in [0, 0.05) is 11.6 Å². The first-order valence-electron chi connectivity index (χ1n) is 6.50. The molecule has 0 aromatic heterocycles. The minimum absolute atomic E-state index is 0.253. The summed E-state index contributed by atoms with van der Waals surface area (Å²) in [5, 5.41) is 0. The molecule has 4 heteroatoms. The van der Waals surface area contributed by atoms with Crippen LogP contribution in [0.2, 0.25) is 0 Å². The molecule has 0 fully saturated rings. The number of halogens is 1. The molecule has 0 spiro atoms. The lowest BCUT2D eigenvalue weighted by molar-refractivity contribution is 0.600. The number of nitrogens with one attached hydrogen (secondary N) is 1. The molecule has 0 aliphatic heterocycles. The average Bonchev–Trinajstić information content (AvgIpc) is 2.37. The topological polar surface area (TPSA) is 29.1 Å². The second-order valence-corrected chi connectivity index (χ2v) is 7.57. The van der Waals surface area contributed by atoms with Crippen LogP contribution < -0.4 is 4.72 Å². The van der Waals surface area contributed by atoms with Crippen LogP contribution in [-0.4, -0.2) is 8.96 Å². The molecule has 0 radical (unpaired) electrons. The van der Waals surface area contributed by atoms with E-state index in [1.165, 1.54) is 0 Å². The fraction of sp³-hybridized carbons (Fsp3) is 0.375. The molecule has 2 nitrogen and oxygen atoms in total. The van der Waals surface area contributed by atoms with Gasteiger partial charge in [0.2, 0.25) is 0 Å². The van der Waals surface area contributed by atoms with Crippen molar-refractivity contribution < 1.29 is 8.60 Å². The number of rotatable bonds is 6. The third-order valence-electron chi connectivity index (χ3n) is 2.84. The molecule has 0 heterocycles. The molecule has 20 heavy (non-hydrogen) atoms. The Labute approximate surface area is 123 Å². The summed E-state index contributed by atoms with van der Waals surface area (Å²) in [6.45, 7) is 12.7. The first-order valence-corrected chi connectivity index (χ1v) is 7.65. The van der Waals surface area contributed by atoms with Crippen LogP contribution in [0, 0.1) is 0 Å². The van der Waals surface area contributed by atoms with Crippen molar-refractivity contribution >= 4 is 16.8 Å². The highest BCUT2D eigenvalue weighted by atomic mass is 32.2. The fourth-order valence-electron chi connectivity index (χ4n) is 1.76. The molecule has 0 amide bonds. The van der Waals surface area contributed by atoms with Crippen LogP contribution >= 0.6 is 0 Å². The Balaban J connectivity index is 3.12. The molecule has 1 aromatic rings. The standard InChI is InChI=1S/C16H22FNOS/c1-6-9-15(18-20(19)16(3,4)5)14-11-8-7-10-13(14)12(2)17/h6-8,10-11,15,18H,1-2,9H2,3-5H3. The summed E-state index contributed by atoms with van der Waals surface area (Å²) in [4.78, 5) is 0. The Morgan fingerprint density at radius 2 is 2.05 bits per heavy atom. The van der Waals surface area contributed by atoms with Gasteiger partial charge in [-0.15, -0.1) is 6.58 Å². The zero-order valence-corrected chi connectivity index (χ0v) is 13.1. The Morgan fingerprint density at radius 1 is 1.45 bits per heavy atom. The molecule has 0 saturated carbocycles. The first-order chi connectivity index (χ1) is 9.27. The predicted octanol–water partition coefficient (Wildman–Crippen LogP) is 4.30. The van der Waals surface area contributed by atoms with E-state index in [-0.39, 0.29) is 10.8 Å². The molecule has 0 saturated heterocycles. The van der Waals surface area contributed by atoms with Gasteiger partial charge in [0.25, 0.3) is 0 Å². The molecule has 0 aliphatic rings. The number of hydrogen-bond acceptors (Lipinski definition) is 1. The highest BCUT2D eigenvalue weighted by molar-refractivity contribution is 7.84. The van der Waals surface area contributed by atoms with Gasteiger partial charge in [0.05, 0.1) is 15.7 Å². The van der Waals surface area contributed by atoms with Crippen molar-refractivity contribution in [2.75, 3.05) is 0 Å². The van der Waals surface area contributed by atoms with Gasteiger partial charge < -0.3 is 0 Å². The van der Waals surface area contributed by atoms with E-state index in [0.717, 1.165) is 5.56 Å². The maximum absolute atomic E-state index is 13.5. The lowest BCUT2D eigenvalue weighted by Crippen LogP contribution is -2.35. The van der Waals surface area contributed by atoms with Crippen molar-refractivity contribution in [3.8, 4) is 0 Å². The summed E-state index contributed by atoms with van der Waals surface area (Å²) in [5.74, 6) is -0.488. The molecule has 1 rings (SSSR count). The number of benzene rings is 1. The maximum atomic E-state index is 13.5. The summed E-state index contributed by atoms with van der Waals surface area (Å²) in [7, 11) is -1.24. The monoisotopic (exact) mass is 295 g/mol. The quantitative estimate of drug-likeness (QED) is 0.779. The van der Waals surface area contributed by atoms with Gasteiger partial charge in [-0.25, -0.2) is 13.3 Å². The Morgan fingerprint density at radius 3 is 2.55 bits per heavy atom. The van der Waals surface area contributed by atoms with Crippen molar-refractivity contribution in [1.82, 2.24) is 4.72 Å². The molecule has 2 atom stereocenters. The maximum Gasteiger partial charge on any atom is 0.123 e. The van der Waals surface area contributed by atoms with Crippen LogP contribution in [0.15, 0.2) is 43.5 Å². The smallest absolute Gasteiger partial charge is 0.123 e. The van der Waals surface area contributed by atoms with E-state index in [2.05, 4.69) is 17.9 Å². The second-order valence-electron chi connectivity index (χ2n) is 5.57. The molecule has 0 aliphatic carbocycles. The Kier molecular flexibility index (Phi) is 5.84. The van der Waals surface area contributed by atoms with E-state index in [0.29, 0.717) is 12.0 Å². The minimum atomic E-state index is -1.24. The van der Waals surface area contributed by atoms with Crippen molar-refractivity contribution in [1.29, 1.82) is 0 Å². The van der Waals surface area contributed by atoms with E-state index in [1.807, 2.05) is 32.9 Å². The van der Waals surface area contributed by atoms with Crippen LogP contribution in [0.4, 0.5) is 4.39 Å². The van der Waals surface area contributed by atoms with Crippen molar-refractivity contribution in [2.45, 2.75) is 38.0 Å². The van der Waals surface area contributed by atoms with E-state index >= 15 is 0 Å². The number of hydrogen-bond donors (Lipinski definition) is 1. The van der Waals surface area contributed by atoms with Gasteiger partial charge >= 0.3 is 0 Å². The summed E-state index contributed by atoms with van der Waals surface area (Å²) in [6, 6.07) is 6.84. The van der Waals surface area contributed by atoms with Crippen LogP contribution in [0.3, 0.4) is 0 Å². The van der Waals surface area contributed by atoms with Gasteiger partial charge in [-0.2, -0.15) is 0 Å². The Bertz CT molecular complexity index is 519. The van der Waals surface area contributed by atoms with Gasteiger partial charge in [-0.3, -0.25) is 0 Å². The summed E-state index contributed by atoms with van der Waals surface area (Å²) in [5.41, 5.74) is 1.19. The van der Waals surface area contributed by atoms with Gasteiger partial charge in [-0.05, 0) is 32.8 Å². The second kappa shape index (κ2) is 6.95. The molecule has 110 valence electrons. The molecular formula is C16H22FNOS. The minimum Gasteiger partial charge on any atom is -0.242 e. The van der Waals surface area contributed by atoms with Crippen LogP contribution in [0.5, 0.6) is 0 Å². The molecular weight excluding hydrogens is 273 g/mol. The van der Waals surface area contributed by atoms with Gasteiger partial charge in [-0.1, -0.05) is 36.9 Å². The zero-order valence-electron chi connectivity index (χ0n) is 12.3. The van der Waals surface area contributed by atoms with Crippen molar-refractivity contribution in [2.24, 2.45) is 0 Å². The average molecular weight is 295 g/mol. The largest absolute Gasteiger partial charge is 0.242 e. The SMILES string of the molecule is C=CCC(NS(=O)C(C)(C)C)c1ccccc1C(=C)F. The van der Waals surface area contributed by atoms with Crippen molar-refractivity contribution in [3.63, 3.8) is 0 Å². The first kappa shape index (κ1) is 16.8. The van der Waals surface area contributed by atoms with E-state index < -0.39 is 16.8 Å². The predicted molar refractivity (Wildman–Crippen MR) is 85.2 cm³/mol. The molecule has 0 bridgehead atoms. The third-order valence-corrected chi connectivity index (χ3v) is 4.45. The Hall–Kier alpha value is -1.26. The fourth-order valence-corrected chi connectivity index (χ4v) is 2.59.